The molecule has 72 valence electrons. The second-order valence-corrected chi connectivity index (χ2v) is 2.58. The molecule has 0 aliphatic heterocycles. The molecule has 2 N–H and O–H groups in total. The molecule has 0 aliphatic rings. The minimum Gasteiger partial charge on any atom is -0.268 e. The maximum atomic E-state index is 11.5. The maximum Gasteiger partial charge on any atom is 0.275 e. The molecule has 0 radical (unpaired) electrons. The van der Waals surface area contributed by atoms with Gasteiger partial charge in [0.1, 0.15) is 0 Å². The van der Waals surface area contributed by atoms with Crippen LogP contribution >= 0.6 is 0 Å². The van der Waals surface area contributed by atoms with Crippen LogP contribution in [0.2, 0.25) is 0 Å². The maximum absolute atomic E-state index is 11.5. The zero-order valence-corrected chi connectivity index (χ0v) is 7.51. The van der Waals surface area contributed by atoms with Crippen molar-refractivity contribution in [3.63, 3.8) is 0 Å². The number of hydrazine groups is 1. The van der Waals surface area contributed by atoms with Crippen LogP contribution in [0.1, 0.15) is 10.4 Å². The summed E-state index contributed by atoms with van der Waals surface area (Å²) in [5.41, 5.74) is 0.366. The highest BCUT2D eigenvalue weighted by Gasteiger charge is 2.16. The molecule has 0 unspecified atom stereocenters. The lowest BCUT2D eigenvalue weighted by Crippen LogP contribution is -2.41. The van der Waals surface area contributed by atoms with Gasteiger partial charge in [-0.3, -0.25) is 9.59 Å². The molecule has 4 nitrogen and oxygen atoms in total. The summed E-state index contributed by atoms with van der Waals surface area (Å²) >= 11 is 0. The lowest BCUT2D eigenvalue weighted by molar-refractivity contribution is -0.123. The van der Waals surface area contributed by atoms with Crippen LogP contribution < -0.4 is 5.84 Å². The van der Waals surface area contributed by atoms with Gasteiger partial charge in [0, 0.05) is 5.56 Å². The number of imide groups is 1. The van der Waals surface area contributed by atoms with Gasteiger partial charge in [-0.25, -0.2) is 10.9 Å². The number of hydrogen-bond donors (Lipinski definition) is 1. The molecule has 0 atom stereocenters. The molecule has 0 saturated carbocycles. The van der Waals surface area contributed by atoms with Gasteiger partial charge in [0.2, 0.25) is 0 Å². The number of carbonyl (C=O) groups excluding carboxylic acids is 2. The number of benzene rings is 1. The largest absolute Gasteiger partial charge is 0.275 e. The van der Waals surface area contributed by atoms with Crippen LogP contribution in [-0.2, 0) is 4.79 Å². The van der Waals surface area contributed by atoms with Crippen LogP contribution in [-0.4, -0.2) is 16.8 Å². The van der Waals surface area contributed by atoms with E-state index in [0.29, 0.717) is 10.6 Å². The van der Waals surface area contributed by atoms with Crippen LogP contribution in [0.15, 0.2) is 43.0 Å². The van der Waals surface area contributed by atoms with Gasteiger partial charge in [0.05, 0.1) is 0 Å². The predicted octanol–water partition coefficient (Wildman–Crippen LogP) is 0.715. The first-order chi connectivity index (χ1) is 6.66. The molecule has 0 spiro atoms. The van der Waals surface area contributed by atoms with Crippen molar-refractivity contribution in [1.29, 1.82) is 0 Å². The zero-order valence-electron chi connectivity index (χ0n) is 7.51. The number of carbonyl (C=O) groups is 2. The summed E-state index contributed by atoms with van der Waals surface area (Å²) in [6.07, 6.45) is 0.987. The summed E-state index contributed by atoms with van der Waals surface area (Å²) in [5, 5.41) is 0.530. The van der Waals surface area contributed by atoms with Gasteiger partial charge in [-0.15, -0.1) is 0 Å². The fourth-order valence-electron chi connectivity index (χ4n) is 0.918. The third-order valence-corrected chi connectivity index (χ3v) is 1.65. The van der Waals surface area contributed by atoms with E-state index in [1.54, 1.807) is 30.3 Å². The fourth-order valence-corrected chi connectivity index (χ4v) is 0.918. The van der Waals surface area contributed by atoms with Gasteiger partial charge in [0.25, 0.3) is 11.8 Å². The monoisotopic (exact) mass is 190 g/mol. The Morgan fingerprint density at radius 2 is 1.86 bits per heavy atom. The third kappa shape index (κ3) is 2.05. The minimum atomic E-state index is -0.626. The van der Waals surface area contributed by atoms with Crippen LogP contribution in [0.25, 0.3) is 0 Å². The fraction of sp³-hybridized carbons (Fsp3) is 0. The molecular formula is C10H10N2O2. The SMILES string of the molecule is C=CC(=O)N(N)C(=O)c1ccccc1. The van der Waals surface area contributed by atoms with Crippen molar-refractivity contribution in [2.24, 2.45) is 5.84 Å². The third-order valence-electron chi connectivity index (χ3n) is 1.65. The summed E-state index contributed by atoms with van der Waals surface area (Å²) in [4.78, 5) is 22.5. The van der Waals surface area contributed by atoms with Crippen molar-refractivity contribution in [3.05, 3.63) is 48.6 Å². The number of rotatable bonds is 2. The molecular weight excluding hydrogens is 180 g/mol. The standard InChI is InChI=1S/C10H10N2O2/c1-2-9(13)12(11)10(14)8-6-4-3-5-7-8/h2-7H,1,11H2. The molecule has 14 heavy (non-hydrogen) atoms. The van der Waals surface area contributed by atoms with Crippen LogP contribution in [0, 0.1) is 0 Å². The second kappa shape index (κ2) is 4.34. The van der Waals surface area contributed by atoms with E-state index in [-0.39, 0.29) is 0 Å². The van der Waals surface area contributed by atoms with Crippen LogP contribution in [0.4, 0.5) is 0 Å². The van der Waals surface area contributed by atoms with Gasteiger partial charge >= 0.3 is 0 Å². The highest BCUT2D eigenvalue weighted by atomic mass is 16.2. The predicted molar refractivity (Wildman–Crippen MR) is 52.0 cm³/mol. The van der Waals surface area contributed by atoms with Gasteiger partial charge < -0.3 is 0 Å². The van der Waals surface area contributed by atoms with Crippen molar-refractivity contribution >= 4 is 11.8 Å². The summed E-state index contributed by atoms with van der Waals surface area (Å²) in [7, 11) is 0. The van der Waals surface area contributed by atoms with Crippen molar-refractivity contribution in [2.45, 2.75) is 0 Å². The zero-order chi connectivity index (χ0) is 10.6. The quantitative estimate of drug-likeness (QED) is 0.323. The van der Waals surface area contributed by atoms with Crippen LogP contribution in [0.5, 0.6) is 0 Å². The second-order valence-electron chi connectivity index (χ2n) is 2.58. The summed E-state index contributed by atoms with van der Waals surface area (Å²) in [5.74, 6) is 4.09. The summed E-state index contributed by atoms with van der Waals surface area (Å²) in [6.45, 7) is 3.23. The lowest BCUT2D eigenvalue weighted by atomic mass is 10.2. The number of nitrogens with two attached hydrogens (primary N) is 1. The van der Waals surface area contributed by atoms with Crippen molar-refractivity contribution in [3.8, 4) is 0 Å². The highest BCUT2D eigenvalue weighted by Crippen LogP contribution is 2.01. The average Bonchev–Trinajstić information content (AvgIpc) is 2.27. The molecule has 0 fully saturated rings. The normalized spacial score (nSPS) is 9.21. The number of nitrogens with zero attached hydrogens (tertiary/aromatic N) is 1. The van der Waals surface area contributed by atoms with E-state index in [2.05, 4.69) is 6.58 Å². The topological polar surface area (TPSA) is 63.4 Å². The van der Waals surface area contributed by atoms with Crippen molar-refractivity contribution in [2.75, 3.05) is 0 Å². The molecule has 4 heteroatoms. The molecule has 1 rings (SSSR count). The smallest absolute Gasteiger partial charge is 0.268 e. The molecule has 0 bridgehead atoms. The van der Waals surface area contributed by atoms with Crippen LogP contribution in [0.3, 0.4) is 0 Å². The molecule has 1 aromatic rings. The Balaban J connectivity index is 2.86. The Bertz CT molecular complexity index is 360. The van der Waals surface area contributed by atoms with E-state index in [1.807, 2.05) is 0 Å². The molecule has 1 aromatic carbocycles. The van der Waals surface area contributed by atoms with E-state index in [9.17, 15) is 9.59 Å². The van der Waals surface area contributed by atoms with Crippen molar-refractivity contribution in [1.82, 2.24) is 5.01 Å². The van der Waals surface area contributed by atoms with Crippen molar-refractivity contribution < 1.29 is 9.59 Å². The Kier molecular flexibility index (Phi) is 3.14. The first-order valence-electron chi connectivity index (χ1n) is 3.97. The van der Waals surface area contributed by atoms with E-state index < -0.39 is 11.8 Å². The average molecular weight is 190 g/mol. The van der Waals surface area contributed by atoms with E-state index in [1.165, 1.54) is 0 Å². The summed E-state index contributed by atoms with van der Waals surface area (Å²) < 4.78 is 0. The molecule has 2 amide bonds. The number of hydrogen-bond acceptors (Lipinski definition) is 3. The van der Waals surface area contributed by atoms with Gasteiger partial charge in [0.15, 0.2) is 0 Å². The molecule has 0 aliphatic carbocycles. The molecule has 0 heterocycles. The van der Waals surface area contributed by atoms with Gasteiger partial charge in [-0.1, -0.05) is 24.8 Å². The Morgan fingerprint density at radius 1 is 1.29 bits per heavy atom. The highest BCUT2D eigenvalue weighted by molar-refractivity contribution is 6.07. The lowest BCUT2D eigenvalue weighted by Gasteiger charge is -2.11. The first-order valence-corrected chi connectivity index (χ1v) is 3.97. The minimum absolute atomic E-state index is 0.366. The van der Waals surface area contributed by atoms with E-state index in [4.69, 9.17) is 5.84 Å². The van der Waals surface area contributed by atoms with Gasteiger partial charge in [-0.05, 0) is 18.2 Å². The molecule has 0 saturated heterocycles. The number of amides is 2. The Hall–Kier alpha value is -1.94. The first kappa shape index (κ1) is 10.1. The Labute approximate surface area is 81.6 Å². The summed E-state index contributed by atoms with van der Waals surface area (Å²) in [6, 6.07) is 8.32. The Morgan fingerprint density at radius 3 is 2.36 bits per heavy atom. The molecule has 0 aromatic heterocycles. The van der Waals surface area contributed by atoms with E-state index in [0.717, 1.165) is 6.08 Å². The van der Waals surface area contributed by atoms with E-state index >= 15 is 0 Å². The van der Waals surface area contributed by atoms with Gasteiger partial charge in [-0.2, -0.15) is 0 Å².